The van der Waals surface area contributed by atoms with Gasteiger partial charge in [0.05, 0.1) is 10.6 Å². The second-order valence-electron chi connectivity index (χ2n) is 5.14. The van der Waals surface area contributed by atoms with Crippen LogP contribution in [0.25, 0.3) is 0 Å². The molecule has 94 valence electrons. The summed E-state index contributed by atoms with van der Waals surface area (Å²) in [5.41, 5.74) is 2.90. The number of para-hydroxylation sites is 1. The largest absolute Gasteiger partial charge is 0.353 e. The van der Waals surface area contributed by atoms with Gasteiger partial charge in [0.25, 0.3) is 6.20 Å². The third-order valence-corrected chi connectivity index (χ3v) is 4.17. The van der Waals surface area contributed by atoms with Crippen molar-refractivity contribution in [1.29, 1.82) is 0 Å². The minimum atomic E-state index is -0.343. The standard InChI is InChI=1S/C14H16N2O2/c17-16(18)10-13-14(8-4-1-5-9-14)11-6-2-3-7-12(11)15-13/h2-3,6-7,10,15H,1,4-5,8-9H2/b13-10-. The molecule has 0 aromatic heterocycles. The van der Waals surface area contributed by atoms with Crippen molar-refractivity contribution in [3.8, 4) is 0 Å². The van der Waals surface area contributed by atoms with Crippen LogP contribution < -0.4 is 5.32 Å². The van der Waals surface area contributed by atoms with E-state index in [4.69, 9.17) is 0 Å². The first-order valence-electron chi connectivity index (χ1n) is 6.45. The molecule has 0 atom stereocenters. The molecule has 1 aliphatic carbocycles. The Morgan fingerprint density at radius 1 is 1.22 bits per heavy atom. The third-order valence-electron chi connectivity index (χ3n) is 4.17. The molecule has 0 radical (unpaired) electrons. The predicted octanol–water partition coefficient (Wildman–Crippen LogP) is 3.43. The fourth-order valence-electron chi connectivity index (χ4n) is 3.37. The highest BCUT2D eigenvalue weighted by molar-refractivity contribution is 5.68. The zero-order chi connectivity index (χ0) is 12.6. The Morgan fingerprint density at radius 3 is 2.67 bits per heavy atom. The number of nitrogens with one attached hydrogen (secondary N) is 1. The number of nitrogens with zero attached hydrogens (tertiary/aromatic N) is 1. The summed E-state index contributed by atoms with van der Waals surface area (Å²) >= 11 is 0. The number of fused-ring (bicyclic) bond motifs is 2. The summed E-state index contributed by atoms with van der Waals surface area (Å²) in [7, 11) is 0. The van der Waals surface area contributed by atoms with Crippen molar-refractivity contribution < 1.29 is 4.92 Å². The lowest BCUT2D eigenvalue weighted by Gasteiger charge is -2.33. The summed E-state index contributed by atoms with van der Waals surface area (Å²) in [6.07, 6.45) is 6.70. The van der Waals surface area contributed by atoms with Crippen LogP contribution in [0.5, 0.6) is 0 Å². The first kappa shape index (κ1) is 11.3. The Balaban J connectivity index is 2.12. The summed E-state index contributed by atoms with van der Waals surface area (Å²) in [4.78, 5) is 10.5. The van der Waals surface area contributed by atoms with E-state index in [9.17, 15) is 10.1 Å². The van der Waals surface area contributed by atoms with Gasteiger partial charge < -0.3 is 5.32 Å². The summed E-state index contributed by atoms with van der Waals surface area (Å²) in [5, 5.41) is 14.1. The van der Waals surface area contributed by atoms with Crippen LogP contribution in [-0.2, 0) is 5.41 Å². The lowest BCUT2D eigenvalue weighted by Crippen LogP contribution is -2.29. The van der Waals surface area contributed by atoms with E-state index in [-0.39, 0.29) is 10.3 Å². The molecule has 2 aliphatic rings. The van der Waals surface area contributed by atoms with Gasteiger partial charge in [0, 0.05) is 11.1 Å². The van der Waals surface area contributed by atoms with Gasteiger partial charge in [-0.25, -0.2) is 0 Å². The zero-order valence-corrected chi connectivity index (χ0v) is 10.2. The van der Waals surface area contributed by atoms with E-state index in [0.29, 0.717) is 0 Å². The van der Waals surface area contributed by atoms with Crippen molar-refractivity contribution in [1.82, 2.24) is 0 Å². The van der Waals surface area contributed by atoms with E-state index in [1.807, 2.05) is 18.2 Å². The maximum atomic E-state index is 10.8. The number of benzene rings is 1. The fourth-order valence-corrected chi connectivity index (χ4v) is 3.37. The Morgan fingerprint density at radius 2 is 1.94 bits per heavy atom. The minimum absolute atomic E-state index is 0.137. The molecule has 1 aromatic rings. The van der Waals surface area contributed by atoms with Crippen LogP contribution >= 0.6 is 0 Å². The summed E-state index contributed by atoms with van der Waals surface area (Å²) in [6.45, 7) is 0. The van der Waals surface area contributed by atoms with Crippen LogP contribution in [0.15, 0.2) is 36.2 Å². The second-order valence-corrected chi connectivity index (χ2v) is 5.14. The fraction of sp³-hybridized carbons (Fsp3) is 0.429. The van der Waals surface area contributed by atoms with Crippen LogP contribution in [0.2, 0.25) is 0 Å². The highest BCUT2D eigenvalue weighted by Crippen LogP contribution is 2.51. The van der Waals surface area contributed by atoms with Gasteiger partial charge >= 0.3 is 0 Å². The van der Waals surface area contributed by atoms with Crippen LogP contribution in [0, 0.1) is 10.1 Å². The zero-order valence-electron chi connectivity index (χ0n) is 10.2. The van der Waals surface area contributed by atoms with Gasteiger partial charge in [0.1, 0.15) is 0 Å². The van der Waals surface area contributed by atoms with E-state index < -0.39 is 0 Å². The topological polar surface area (TPSA) is 55.2 Å². The molecule has 1 spiro atoms. The molecule has 1 aliphatic heterocycles. The monoisotopic (exact) mass is 244 g/mol. The molecule has 3 rings (SSSR count). The van der Waals surface area contributed by atoms with E-state index in [0.717, 1.165) is 43.3 Å². The normalized spacial score (nSPS) is 22.8. The van der Waals surface area contributed by atoms with Crippen molar-refractivity contribution in [3.05, 3.63) is 51.8 Å². The van der Waals surface area contributed by atoms with Gasteiger partial charge in [0.15, 0.2) is 0 Å². The molecule has 0 bridgehead atoms. The van der Waals surface area contributed by atoms with Crippen molar-refractivity contribution in [2.75, 3.05) is 5.32 Å². The number of allylic oxidation sites excluding steroid dienone is 1. The number of hydrogen-bond donors (Lipinski definition) is 1. The van der Waals surface area contributed by atoms with E-state index in [1.165, 1.54) is 12.0 Å². The molecule has 1 N–H and O–H groups in total. The van der Waals surface area contributed by atoms with Gasteiger partial charge in [0.2, 0.25) is 0 Å². The molecule has 1 heterocycles. The lowest BCUT2D eigenvalue weighted by molar-refractivity contribution is -0.403. The maximum Gasteiger partial charge on any atom is 0.254 e. The van der Waals surface area contributed by atoms with Gasteiger partial charge in [-0.1, -0.05) is 37.5 Å². The predicted molar refractivity (Wildman–Crippen MR) is 69.9 cm³/mol. The lowest BCUT2D eigenvalue weighted by atomic mass is 9.69. The first-order chi connectivity index (χ1) is 8.72. The Hall–Kier alpha value is -1.84. The second kappa shape index (κ2) is 4.12. The molecule has 4 heteroatoms. The third kappa shape index (κ3) is 1.60. The Bertz CT molecular complexity index is 516. The van der Waals surface area contributed by atoms with Crippen LogP contribution in [0.1, 0.15) is 37.7 Å². The number of anilines is 1. The van der Waals surface area contributed by atoms with Crippen LogP contribution in [-0.4, -0.2) is 4.92 Å². The van der Waals surface area contributed by atoms with Crippen molar-refractivity contribution in [2.45, 2.75) is 37.5 Å². The Labute approximate surface area is 106 Å². The molecule has 18 heavy (non-hydrogen) atoms. The van der Waals surface area contributed by atoms with E-state index in [2.05, 4.69) is 11.4 Å². The van der Waals surface area contributed by atoms with Gasteiger partial charge in [-0.05, 0) is 24.5 Å². The average molecular weight is 244 g/mol. The quantitative estimate of drug-likeness (QED) is 0.608. The highest BCUT2D eigenvalue weighted by Gasteiger charge is 2.45. The maximum absolute atomic E-state index is 10.8. The molecule has 0 saturated heterocycles. The highest BCUT2D eigenvalue weighted by atomic mass is 16.6. The summed E-state index contributed by atoms with van der Waals surface area (Å²) in [5.74, 6) is 0. The molecular weight excluding hydrogens is 228 g/mol. The van der Waals surface area contributed by atoms with Gasteiger partial charge in [-0.3, -0.25) is 10.1 Å². The molecule has 1 fully saturated rings. The molecule has 1 saturated carbocycles. The van der Waals surface area contributed by atoms with E-state index >= 15 is 0 Å². The van der Waals surface area contributed by atoms with Gasteiger partial charge in [-0.15, -0.1) is 0 Å². The number of nitro groups is 1. The Kier molecular flexibility index (Phi) is 2.58. The van der Waals surface area contributed by atoms with Crippen LogP contribution in [0.4, 0.5) is 5.69 Å². The summed E-state index contributed by atoms with van der Waals surface area (Å²) in [6, 6.07) is 8.10. The molecule has 1 aromatic carbocycles. The summed E-state index contributed by atoms with van der Waals surface area (Å²) < 4.78 is 0. The van der Waals surface area contributed by atoms with Crippen molar-refractivity contribution in [3.63, 3.8) is 0 Å². The van der Waals surface area contributed by atoms with Gasteiger partial charge in [-0.2, -0.15) is 0 Å². The van der Waals surface area contributed by atoms with Crippen molar-refractivity contribution in [2.24, 2.45) is 0 Å². The molecular formula is C14H16N2O2. The minimum Gasteiger partial charge on any atom is -0.353 e. The number of rotatable bonds is 1. The van der Waals surface area contributed by atoms with Crippen molar-refractivity contribution >= 4 is 5.69 Å². The average Bonchev–Trinajstić information content (AvgIpc) is 2.65. The van der Waals surface area contributed by atoms with Crippen LogP contribution in [0.3, 0.4) is 0 Å². The molecule has 0 unspecified atom stereocenters. The first-order valence-corrected chi connectivity index (χ1v) is 6.45. The van der Waals surface area contributed by atoms with E-state index in [1.54, 1.807) is 0 Å². The SMILES string of the molecule is O=[N+]([O-])/C=C1\Nc2ccccc2C12CCCCC2. The number of hydrogen-bond acceptors (Lipinski definition) is 3. The molecule has 4 nitrogen and oxygen atoms in total. The molecule has 0 amide bonds. The smallest absolute Gasteiger partial charge is 0.254 e.